The summed E-state index contributed by atoms with van der Waals surface area (Å²) in [7, 11) is 1.64. The molecule has 2 N–H and O–H groups in total. The Morgan fingerprint density at radius 3 is 2.47 bits per heavy atom. The molecule has 5 heteroatoms. The zero-order valence-electron chi connectivity index (χ0n) is 10.8. The molecule has 2 aromatic carbocycles. The second kappa shape index (κ2) is 4.28. The monoisotopic (exact) mass is 254 g/mol. The number of hydrogen-bond acceptors (Lipinski definition) is 4. The Labute approximate surface area is 110 Å². The van der Waals surface area contributed by atoms with E-state index in [1.165, 1.54) is 0 Å². The van der Waals surface area contributed by atoms with Crippen molar-refractivity contribution in [2.24, 2.45) is 0 Å². The minimum atomic E-state index is 0.731. The molecule has 96 valence electrons. The Kier molecular flexibility index (Phi) is 2.59. The van der Waals surface area contributed by atoms with Crippen LogP contribution in [0, 0.1) is 6.92 Å². The molecule has 0 aliphatic heterocycles. The van der Waals surface area contributed by atoms with E-state index in [0.29, 0.717) is 0 Å². The van der Waals surface area contributed by atoms with Crippen molar-refractivity contribution < 1.29 is 4.74 Å². The van der Waals surface area contributed by atoms with Gasteiger partial charge >= 0.3 is 0 Å². The molecule has 3 rings (SSSR count). The third kappa shape index (κ3) is 1.89. The van der Waals surface area contributed by atoms with Crippen molar-refractivity contribution in [3.63, 3.8) is 0 Å². The summed E-state index contributed by atoms with van der Waals surface area (Å²) in [4.78, 5) is 1.61. The van der Waals surface area contributed by atoms with E-state index in [4.69, 9.17) is 10.5 Å². The highest BCUT2D eigenvalue weighted by molar-refractivity contribution is 5.82. The minimum Gasteiger partial charge on any atom is -0.497 e. The van der Waals surface area contributed by atoms with Gasteiger partial charge < -0.3 is 10.5 Å². The normalized spacial score (nSPS) is 10.8. The van der Waals surface area contributed by atoms with Gasteiger partial charge in [0.1, 0.15) is 16.8 Å². The Balaban J connectivity index is 2.12. The molecule has 0 spiro atoms. The van der Waals surface area contributed by atoms with Gasteiger partial charge in [-0.2, -0.15) is 4.80 Å². The molecule has 0 saturated carbocycles. The lowest BCUT2D eigenvalue weighted by molar-refractivity contribution is 0.414. The van der Waals surface area contributed by atoms with Crippen LogP contribution < -0.4 is 10.5 Å². The predicted molar refractivity (Wildman–Crippen MR) is 74.6 cm³/mol. The van der Waals surface area contributed by atoms with Gasteiger partial charge in [-0.3, -0.25) is 0 Å². The van der Waals surface area contributed by atoms with Crippen molar-refractivity contribution >= 4 is 16.7 Å². The van der Waals surface area contributed by atoms with E-state index in [2.05, 4.69) is 10.2 Å². The average molecular weight is 254 g/mol. The number of benzene rings is 2. The maximum absolute atomic E-state index is 5.88. The van der Waals surface area contributed by atoms with E-state index in [9.17, 15) is 0 Å². The summed E-state index contributed by atoms with van der Waals surface area (Å²) in [6, 6.07) is 11.3. The van der Waals surface area contributed by atoms with Gasteiger partial charge in [0.05, 0.1) is 12.8 Å². The zero-order chi connectivity index (χ0) is 13.4. The van der Waals surface area contributed by atoms with Crippen molar-refractivity contribution in [1.29, 1.82) is 0 Å². The Morgan fingerprint density at radius 2 is 1.79 bits per heavy atom. The second-order valence-electron chi connectivity index (χ2n) is 4.33. The minimum absolute atomic E-state index is 0.731. The number of rotatable bonds is 2. The first-order valence-electron chi connectivity index (χ1n) is 5.95. The molecule has 5 nitrogen and oxygen atoms in total. The number of hydrogen-bond donors (Lipinski definition) is 1. The highest BCUT2D eigenvalue weighted by atomic mass is 16.5. The molecule has 3 aromatic rings. The van der Waals surface area contributed by atoms with Gasteiger partial charge in [0, 0.05) is 11.3 Å². The van der Waals surface area contributed by atoms with Crippen LogP contribution in [-0.2, 0) is 0 Å². The first-order chi connectivity index (χ1) is 9.19. The quantitative estimate of drug-likeness (QED) is 0.713. The first-order valence-corrected chi connectivity index (χ1v) is 5.95. The summed E-state index contributed by atoms with van der Waals surface area (Å²) in [5, 5.41) is 8.93. The third-order valence-electron chi connectivity index (χ3n) is 3.15. The number of aromatic nitrogens is 3. The standard InChI is InChI=1S/C14H14N4O/c1-9-12(15)7-8-13-14(9)17-18(16-13)10-3-5-11(19-2)6-4-10/h3-8H,15H2,1-2H3. The summed E-state index contributed by atoms with van der Waals surface area (Å²) in [6.07, 6.45) is 0. The maximum Gasteiger partial charge on any atom is 0.119 e. The van der Waals surface area contributed by atoms with Gasteiger partial charge in [0.25, 0.3) is 0 Å². The maximum atomic E-state index is 5.88. The van der Waals surface area contributed by atoms with Crippen LogP contribution in [0.5, 0.6) is 5.75 Å². The van der Waals surface area contributed by atoms with Crippen LogP contribution >= 0.6 is 0 Å². The highest BCUT2D eigenvalue weighted by Gasteiger charge is 2.08. The number of anilines is 1. The molecule has 0 unspecified atom stereocenters. The zero-order valence-corrected chi connectivity index (χ0v) is 10.8. The fraction of sp³-hybridized carbons (Fsp3) is 0.143. The molecular formula is C14H14N4O. The van der Waals surface area contributed by atoms with E-state index in [1.54, 1.807) is 11.9 Å². The number of ether oxygens (including phenoxy) is 1. The van der Waals surface area contributed by atoms with E-state index >= 15 is 0 Å². The third-order valence-corrected chi connectivity index (χ3v) is 3.15. The molecule has 0 aliphatic carbocycles. The second-order valence-corrected chi connectivity index (χ2v) is 4.33. The predicted octanol–water partition coefficient (Wildman–Crippen LogP) is 2.32. The molecule has 0 atom stereocenters. The van der Waals surface area contributed by atoms with Gasteiger partial charge in [0.15, 0.2) is 0 Å². The van der Waals surface area contributed by atoms with Crippen LogP contribution in [-0.4, -0.2) is 22.1 Å². The van der Waals surface area contributed by atoms with Crippen LogP contribution in [0.2, 0.25) is 0 Å². The Morgan fingerprint density at radius 1 is 1.05 bits per heavy atom. The van der Waals surface area contributed by atoms with Crippen molar-refractivity contribution in [3.8, 4) is 11.4 Å². The lowest BCUT2D eigenvalue weighted by Crippen LogP contribution is -1.98. The largest absolute Gasteiger partial charge is 0.497 e. The molecule has 1 heterocycles. The van der Waals surface area contributed by atoms with Crippen LogP contribution in [0.3, 0.4) is 0 Å². The molecular weight excluding hydrogens is 240 g/mol. The van der Waals surface area contributed by atoms with Crippen LogP contribution in [0.15, 0.2) is 36.4 Å². The van der Waals surface area contributed by atoms with Gasteiger partial charge in [-0.1, -0.05) is 0 Å². The van der Waals surface area contributed by atoms with E-state index in [1.807, 2.05) is 43.3 Å². The number of methoxy groups -OCH3 is 1. The number of nitrogens with two attached hydrogens (primary N) is 1. The first kappa shape index (κ1) is 11.5. The summed E-state index contributed by atoms with van der Waals surface area (Å²) in [5.74, 6) is 0.806. The lowest BCUT2D eigenvalue weighted by atomic mass is 10.2. The SMILES string of the molecule is COc1ccc(-n2nc3ccc(N)c(C)c3n2)cc1. The number of aryl methyl sites for hydroxylation is 1. The average Bonchev–Trinajstić information content (AvgIpc) is 2.88. The van der Waals surface area contributed by atoms with Crippen LogP contribution in [0.25, 0.3) is 16.7 Å². The van der Waals surface area contributed by atoms with Gasteiger partial charge in [-0.25, -0.2) is 0 Å². The fourth-order valence-electron chi connectivity index (χ4n) is 1.96. The smallest absolute Gasteiger partial charge is 0.119 e. The van der Waals surface area contributed by atoms with E-state index in [-0.39, 0.29) is 0 Å². The Bertz CT molecular complexity index is 731. The lowest BCUT2D eigenvalue weighted by Gasteiger charge is -2.01. The molecule has 0 aliphatic rings. The molecule has 1 aromatic heterocycles. The van der Waals surface area contributed by atoms with Crippen molar-refractivity contribution in [2.75, 3.05) is 12.8 Å². The topological polar surface area (TPSA) is 66.0 Å². The number of fused-ring (bicyclic) bond motifs is 1. The summed E-state index contributed by atoms with van der Waals surface area (Å²) < 4.78 is 5.13. The molecule has 0 bridgehead atoms. The van der Waals surface area contributed by atoms with Crippen molar-refractivity contribution in [1.82, 2.24) is 15.0 Å². The van der Waals surface area contributed by atoms with Gasteiger partial charge in [0.2, 0.25) is 0 Å². The van der Waals surface area contributed by atoms with Crippen LogP contribution in [0.4, 0.5) is 5.69 Å². The van der Waals surface area contributed by atoms with Gasteiger partial charge in [-0.15, -0.1) is 10.2 Å². The van der Waals surface area contributed by atoms with Crippen LogP contribution in [0.1, 0.15) is 5.56 Å². The molecule has 0 amide bonds. The van der Waals surface area contributed by atoms with Crippen molar-refractivity contribution in [3.05, 3.63) is 42.0 Å². The summed E-state index contributed by atoms with van der Waals surface area (Å²) in [5.41, 5.74) is 10.1. The summed E-state index contributed by atoms with van der Waals surface area (Å²) >= 11 is 0. The molecule has 19 heavy (non-hydrogen) atoms. The van der Waals surface area contributed by atoms with Gasteiger partial charge in [-0.05, 0) is 43.3 Å². The number of nitrogen functional groups attached to an aromatic ring is 1. The molecule has 0 saturated heterocycles. The Hall–Kier alpha value is -2.56. The summed E-state index contributed by atoms with van der Waals surface area (Å²) in [6.45, 7) is 1.95. The van der Waals surface area contributed by atoms with E-state index < -0.39 is 0 Å². The highest BCUT2D eigenvalue weighted by Crippen LogP contribution is 2.21. The molecule has 0 fully saturated rings. The number of nitrogens with zero attached hydrogens (tertiary/aromatic N) is 3. The molecule has 0 radical (unpaired) electrons. The van der Waals surface area contributed by atoms with Crippen molar-refractivity contribution in [2.45, 2.75) is 6.92 Å². The van der Waals surface area contributed by atoms with E-state index in [0.717, 1.165) is 33.7 Å². The fourth-order valence-corrected chi connectivity index (χ4v) is 1.96.